The summed E-state index contributed by atoms with van der Waals surface area (Å²) >= 11 is 0. The van der Waals surface area contributed by atoms with Crippen molar-refractivity contribution in [3.05, 3.63) is 53.3 Å². The molecule has 2 atom stereocenters. The standard InChI is InChI=1S/C30H40N4O2S/c1-21-5-4-14-34(21)30(2)12-8-22-6-7-24(17-25(22)9-13-30)26-18-27-28(20-32-29(27)31-19-26)23-10-15-33(16-11-23)37(3,35)36/h6-7,17-21,23H,4-5,8-16H2,1-3H3,(H,31,32)/t21-,30?/m1/s1. The number of nitrogens with one attached hydrogen (secondary N) is 1. The first-order chi connectivity index (χ1) is 17.7. The molecule has 6 rings (SSSR count). The van der Waals surface area contributed by atoms with Crippen LogP contribution in [0.4, 0.5) is 0 Å². The summed E-state index contributed by atoms with van der Waals surface area (Å²) in [6, 6.07) is 10.0. The molecule has 0 bridgehead atoms. The zero-order valence-electron chi connectivity index (χ0n) is 22.5. The fourth-order valence-corrected chi connectivity index (χ4v) is 8.13. The molecule has 3 aromatic rings. The van der Waals surface area contributed by atoms with Gasteiger partial charge in [0.2, 0.25) is 10.0 Å². The van der Waals surface area contributed by atoms with Crippen LogP contribution in [0.25, 0.3) is 22.2 Å². The first-order valence-corrected chi connectivity index (χ1v) is 15.9. The van der Waals surface area contributed by atoms with Gasteiger partial charge in [0, 0.05) is 48.0 Å². The van der Waals surface area contributed by atoms with E-state index >= 15 is 0 Å². The molecule has 2 aliphatic heterocycles. The third kappa shape index (κ3) is 4.75. The van der Waals surface area contributed by atoms with E-state index in [4.69, 9.17) is 4.98 Å². The van der Waals surface area contributed by atoms with Crippen molar-refractivity contribution in [1.82, 2.24) is 19.2 Å². The molecule has 0 saturated carbocycles. The highest BCUT2D eigenvalue weighted by molar-refractivity contribution is 7.88. The fourth-order valence-electron chi connectivity index (χ4n) is 7.26. The molecule has 198 valence electrons. The van der Waals surface area contributed by atoms with Crippen molar-refractivity contribution in [1.29, 1.82) is 0 Å². The number of likely N-dealkylation sites (tertiary alicyclic amines) is 1. The molecule has 6 nitrogen and oxygen atoms in total. The number of aromatic amines is 1. The van der Waals surface area contributed by atoms with Gasteiger partial charge in [-0.25, -0.2) is 17.7 Å². The van der Waals surface area contributed by atoms with E-state index in [0.29, 0.717) is 30.6 Å². The van der Waals surface area contributed by atoms with Crippen LogP contribution in [0, 0.1) is 0 Å². The smallest absolute Gasteiger partial charge is 0.211 e. The maximum atomic E-state index is 11.9. The quantitative estimate of drug-likeness (QED) is 0.462. The molecule has 2 aromatic heterocycles. The first kappa shape index (κ1) is 25.1. The van der Waals surface area contributed by atoms with Crippen LogP contribution in [0.15, 0.2) is 36.7 Å². The Balaban J connectivity index is 1.24. The van der Waals surface area contributed by atoms with Crippen LogP contribution in [0.5, 0.6) is 0 Å². The van der Waals surface area contributed by atoms with Gasteiger partial charge in [-0.3, -0.25) is 4.90 Å². The Morgan fingerprint density at radius 2 is 1.76 bits per heavy atom. The summed E-state index contributed by atoms with van der Waals surface area (Å²) in [5.41, 5.74) is 7.87. The Morgan fingerprint density at radius 1 is 1.00 bits per heavy atom. The zero-order chi connectivity index (χ0) is 25.8. The maximum absolute atomic E-state index is 11.9. The van der Waals surface area contributed by atoms with Crippen molar-refractivity contribution < 1.29 is 8.42 Å². The average Bonchev–Trinajstić information content (AvgIpc) is 3.48. The van der Waals surface area contributed by atoms with Crippen LogP contribution in [0.2, 0.25) is 0 Å². The Labute approximate surface area is 221 Å². The van der Waals surface area contributed by atoms with Crippen molar-refractivity contribution in [2.75, 3.05) is 25.9 Å². The average molecular weight is 521 g/mol. The number of aryl methyl sites for hydroxylation is 2. The molecule has 1 unspecified atom stereocenters. The number of sulfonamides is 1. The summed E-state index contributed by atoms with van der Waals surface area (Å²) in [6.07, 6.45) is 14.5. The molecule has 3 aliphatic rings. The maximum Gasteiger partial charge on any atom is 0.211 e. The number of piperidine rings is 1. The summed E-state index contributed by atoms with van der Waals surface area (Å²) in [5.74, 6) is 0.349. The van der Waals surface area contributed by atoms with Gasteiger partial charge in [-0.05, 0) is 106 Å². The van der Waals surface area contributed by atoms with Crippen LogP contribution in [0.3, 0.4) is 0 Å². The van der Waals surface area contributed by atoms with E-state index in [9.17, 15) is 8.42 Å². The number of hydrogen-bond acceptors (Lipinski definition) is 4. The van der Waals surface area contributed by atoms with Crippen LogP contribution in [-0.4, -0.2) is 65.1 Å². The molecule has 1 aliphatic carbocycles. The summed E-state index contributed by atoms with van der Waals surface area (Å²) < 4.78 is 25.5. The van der Waals surface area contributed by atoms with Crippen LogP contribution in [0.1, 0.15) is 75.0 Å². The van der Waals surface area contributed by atoms with E-state index < -0.39 is 10.0 Å². The molecular formula is C30H40N4O2S. The second-order valence-electron chi connectivity index (χ2n) is 12.0. The van der Waals surface area contributed by atoms with E-state index in [1.807, 2.05) is 6.20 Å². The minimum atomic E-state index is -3.12. The molecule has 2 fully saturated rings. The normalized spacial score (nSPS) is 26.4. The lowest BCUT2D eigenvalue weighted by Crippen LogP contribution is -2.48. The van der Waals surface area contributed by atoms with E-state index in [0.717, 1.165) is 36.9 Å². The minimum Gasteiger partial charge on any atom is -0.346 e. The van der Waals surface area contributed by atoms with Crippen LogP contribution in [-0.2, 0) is 22.9 Å². The second kappa shape index (κ2) is 9.51. The topological polar surface area (TPSA) is 69.3 Å². The van der Waals surface area contributed by atoms with Gasteiger partial charge in [-0.2, -0.15) is 0 Å². The third-order valence-electron chi connectivity index (χ3n) is 9.58. The van der Waals surface area contributed by atoms with Gasteiger partial charge in [-0.1, -0.05) is 18.2 Å². The molecule has 0 spiro atoms. The van der Waals surface area contributed by atoms with Crippen molar-refractivity contribution in [3.8, 4) is 11.1 Å². The first-order valence-electron chi connectivity index (χ1n) is 14.0. The summed E-state index contributed by atoms with van der Waals surface area (Å²) in [4.78, 5) is 10.9. The molecule has 1 aromatic carbocycles. The van der Waals surface area contributed by atoms with E-state index in [1.54, 1.807) is 4.31 Å². The van der Waals surface area contributed by atoms with Crippen LogP contribution < -0.4 is 0 Å². The van der Waals surface area contributed by atoms with Gasteiger partial charge in [0.05, 0.1) is 6.26 Å². The van der Waals surface area contributed by atoms with E-state index in [2.05, 4.69) is 54.2 Å². The fraction of sp³-hybridized carbons (Fsp3) is 0.567. The molecular weight excluding hydrogens is 480 g/mol. The minimum absolute atomic E-state index is 0.294. The molecule has 7 heteroatoms. The highest BCUT2D eigenvalue weighted by Gasteiger charge is 2.38. The lowest BCUT2D eigenvalue weighted by molar-refractivity contribution is 0.0821. The summed E-state index contributed by atoms with van der Waals surface area (Å²) in [5, 5.41) is 1.17. The predicted molar refractivity (Wildman–Crippen MR) is 150 cm³/mol. The number of benzene rings is 1. The number of H-pyrrole nitrogens is 1. The van der Waals surface area contributed by atoms with Gasteiger partial charge in [-0.15, -0.1) is 0 Å². The van der Waals surface area contributed by atoms with Gasteiger partial charge in [0.25, 0.3) is 0 Å². The summed E-state index contributed by atoms with van der Waals surface area (Å²) in [6.45, 7) is 7.32. The number of fused-ring (bicyclic) bond motifs is 2. The van der Waals surface area contributed by atoms with Gasteiger partial charge >= 0.3 is 0 Å². The number of pyridine rings is 1. The highest BCUT2D eigenvalue weighted by atomic mass is 32.2. The molecule has 37 heavy (non-hydrogen) atoms. The number of rotatable bonds is 4. The van der Waals surface area contributed by atoms with E-state index in [-0.39, 0.29) is 0 Å². The van der Waals surface area contributed by atoms with Gasteiger partial charge in [0.1, 0.15) is 5.65 Å². The second-order valence-corrected chi connectivity index (χ2v) is 13.9. The SMILES string of the molecule is C[C@@H]1CCCN1C1(C)CCc2ccc(-c3cnc4[nH]cc(C5CCN(S(C)(=O)=O)CC5)c4c3)cc2CC1. The van der Waals surface area contributed by atoms with Crippen molar-refractivity contribution in [2.45, 2.75) is 82.7 Å². The summed E-state index contributed by atoms with van der Waals surface area (Å²) in [7, 11) is -3.12. The van der Waals surface area contributed by atoms with Gasteiger partial charge < -0.3 is 4.98 Å². The number of aromatic nitrogens is 2. The molecule has 4 heterocycles. The van der Waals surface area contributed by atoms with Crippen molar-refractivity contribution >= 4 is 21.1 Å². The lowest BCUT2D eigenvalue weighted by Gasteiger charge is -2.41. The predicted octanol–water partition coefficient (Wildman–Crippen LogP) is 5.49. The third-order valence-corrected chi connectivity index (χ3v) is 10.9. The molecule has 2 saturated heterocycles. The van der Waals surface area contributed by atoms with Crippen molar-refractivity contribution in [3.63, 3.8) is 0 Å². The zero-order valence-corrected chi connectivity index (χ0v) is 23.3. The molecule has 0 radical (unpaired) electrons. The highest BCUT2D eigenvalue weighted by Crippen LogP contribution is 2.39. The van der Waals surface area contributed by atoms with E-state index in [1.165, 1.54) is 66.1 Å². The molecule has 0 amide bonds. The molecule has 1 N–H and O–H groups in total. The lowest BCUT2D eigenvalue weighted by atomic mass is 9.89. The Kier molecular flexibility index (Phi) is 6.45. The number of nitrogens with zero attached hydrogens (tertiary/aromatic N) is 3. The van der Waals surface area contributed by atoms with Gasteiger partial charge in [0.15, 0.2) is 0 Å². The monoisotopic (exact) mass is 520 g/mol. The largest absolute Gasteiger partial charge is 0.346 e. The van der Waals surface area contributed by atoms with Crippen LogP contribution >= 0.6 is 0 Å². The Bertz CT molecular complexity index is 1410. The number of hydrogen-bond donors (Lipinski definition) is 1. The Morgan fingerprint density at radius 3 is 2.46 bits per heavy atom. The van der Waals surface area contributed by atoms with Crippen molar-refractivity contribution in [2.24, 2.45) is 0 Å². The Hall–Kier alpha value is -2.22.